The standard InChI is InChI=1S/C15H16O11S2/c1-25-15(26-2)7-12(17)10(6-13(15)28(22,23)24)14(18)9-5-8(27(19,20)21)3-4-11(9)16/h3-6,16,18H,7H2,1-2H3,(H,19,20,21)(H,22,23,24). The number of Topliss-reactive ketones (excluding diaryl/α,β-unsaturated/α-hetero) is 1. The molecule has 1 aromatic rings. The van der Waals surface area contributed by atoms with Crippen LogP contribution in [0.3, 0.4) is 0 Å². The fourth-order valence-corrected chi connectivity index (χ4v) is 4.03. The second kappa shape index (κ2) is 7.27. The van der Waals surface area contributed by atoms with Crippen molar-refractivity contribution in [1.82, 2.24) is 0 Å². The maximum absolute atomic E-state index is 12.5. The molecule has 0 unspecified atom stereocenters. The molecule has 0 saturated carbocycles. The van der Waals surface area contributed by atoms with Crippen LogP contribution in [0, 0.1) is 0 Å². The molecular formula is C15H16O11S2. The molecule has 1 aromatic carbocycles. The third-order valence-corrected chi connectivity index (χ3v) is 5.89. The van der Waals surface area contributed by atoms with Crippen molar-refractivity contribution < 1.29 is 50.4 Å². The first kappa shape index (κ1) is 22.0. The molecule has 154 valence electrons. The lowest BCUT2D eigenvalue weighted by Crippen LogP contribution is -2.44. The van der Waals surface area contributed by atoms with Crippen LogP contribution in [-0.4, -0.2) is 61.9 Å². The number of methoxy groups -OCH3 is 2. The number of aromatic hydroxyl groups is 1. The molecule has 0 saturated heterocycles. The summed E-state index contributed by atoms with van der Waals surface area (Å²) in [5.74, 6) is -4.70. The van der Waals surface area contributed by atoms with Crippen LogP contribution in [0.25, 0.3) is 5.76 Å². The van der Waals surface area contributed by atoms with Crippen molar-refractivity contribution in [3.05, 3.63) is 40.3 Å². The van der Waals surface area contributed by atoms with Gasteiger partial charge in [-0.15, -0.1) is 0 Å². The summed E-state index contributed by atoms with van der Waals surface area (Å²) in [6, 6.07) is 2.36. The van der Waals surface area contributed by atoms with E-state index in [-0.39, 0.29) is 0 Å². The number of carbonyl (C=O) groups excluding carboxylic acids is 1. The molecule has 2 rings (SSSR count). The van der Waals surface area contributed by atoms with Gasteiger partial charge in [-0.25, -0.2) is 0 Å². The van der Waals surface area contributed by atoms with E-state index in [0.29, 0.717) is 12.1 Å². The number of ketones is 1. The Hall–Kier alpha value is -2.29. The van der Waals surface area contributed by atoms with E-state index >= 15 is 0 Å². The molecule has 0 radical (unpaired) electrons. The van der Waals surface area contributed by atoms with E-state index < -0.39 is 70.7 Å². The molecule has 0 amide bonds. The van der Waals surface area contributed by atoms with Gasteiger partial charge in [0, 0.05) is 14.2 Å². The molecule has 0 heterocycles. The van der Waals surface area contributed by atoms with E-state index in [1.165, 1.54) is 0 Å². The summed E-state index contributed by atoms with van der Waals surface area (Å²) in [5, 5.41) is 20.3. The van der Waals surface area contributed by atoms with Gasteiger partial charge in [-0.1, -0.05) is 0 Å². The van der Waals surface area contributed by atoms with Gasteiger partial charge < -0.3 is 19.7 Å². The number of hydrogen-bond acceptors (Lipinski definition) is 9. The number of phenolic OH excluding ortho intramolecular Hbond substituents is 1. The van der Waals surface area contributed by atoms with Gasteiger partial charge in [-0.2, -0.15) is 16.8 Å². The maximum atomic E-state index is 12.5. The number of aliphatic hydroxyl groups excluding tert-OH is 1. The number of allylic oxidation sites excluding steroid dienone is 2. The predicted molar refractivity (Wildman–Crippen MR) is 93.5 cm³/mol. The summed E-state index contributed by atoms with van der Waals surface area (Å²) in [4.78, 5) is 10.9. The monoisotopic (exact) mass is 436 g/mol. The zero-order valence-electron chi connectivity index (χ0n) is 14.5. The van der Waals surface area contributed by atoms with Crippen molar-refractivity contribution in [3.63, 3.8) is 0 Å². The lowest BCUT2D eigenvalue weighted by molar-refractivity contribution is -0.181. The molecule has 0 bridgehead atoms. The van der Waals surface area contributed by atoms with Gasteiger partial charge >= 0.3 is 0 Å². The molecule has 0 atom stereocenters. The lowest BCUT2D eigenvalue weighted by Gasteiger charge is -2.34. The first-order valence-electron chi connectivity index (χ1n) is 7.34. The number of rotatable bonds is 5. The Morgan fingerprint density at radius 3 is 2.11 bits per heavy atom. The fraction of sp³-hybridized carbons (Fsp3) is 0.267. The number of ether oxygens (including phenoxy) is 2. The molecule has 0 aromatic heterocycles. The predicted octanol–water partition coefficient (Wildman–Crippen LogP) is 0.642. The Bertz CT molecular complexity index is 1090. The van der Waals surface area contributed by atoms with Crippen molar-refractivity contribution in [2.45, 2.75) is 17.1 Å². The highest BCUT2D eigenvalue weighted by atomic mass is 32.2. The zero-order valence-corrected chi connectivity index (χ0v) is 16.1. The van der Waals surface area contributed by atoms with Gasteiger partial charge in [-0.3, -0.25) is 13.9 Å². The quantitative estimate of drug-likeness (QED) is 0.220. The minimum atomic E-state index is -4.96. The van der Waals surface area contributed by atoms with Crippen LogP contribution >= 0.6 is 0 Å². The van der Waals surface area contributed by atoms with Crippen molar-refractivity contribution >= 4 is 31.8 Å². The SMILES string of the molecule is COC1(OC)CC(=O)C(=C(O)c2cc(S(=O)(=O)O)ccc2O)C=C1S(=O)(=O)O. The number of benzene rings is 1. The Kier molecular flexibility index (Phi) is 5.71. The van der Waals surface area contributed by atoms with Crippen molar-refractivity contribution in [2.24, 2.45) is 0 Å². The van der Waals surface area contributed by atoms with Crippen LogP contribution in [0.5, 0.6) is 5.75 Å². The van der Waals surface area contributed by atoms with Crippen LogP contribution < -0.4 is 0 Å². The van der Waals surface area contributed by atoms with Crippen LogP contribution in [0.15, 0.2) is 39.6 Å². The van der Waals surface area contributed by atoms with Crippen molar-refractivity contribution in [1.29, 1.82) is 0 Å². The Morgan fingerprint density at radius 2 is 1.64 bits per heavy atom. The average molecular weight is 436 g/mol. The Morgan fingerprint density at radius 1 is 1.07 bits per heavy atom. The van der Waals surface area contributed by atoms with E-state index in [1.54, 1.807) is 0 Å². The van der Waals surface area contributed by atoms with Crippen molar-refractivity contribution in [3.8, 4) is 5.75 Å². The summed E-state index contributed by atoms with van der Waals surface area (Å²) in [5.41, 5.74) is -1.24. The number of hydrogen-bond donors (Lipinski definition) is 4. The normalized spacial score (nSPS) is 19.3. The highest BCUT2D eigenvalue weighted by Gasteiger charge is 2.48. The molecular weight excluding hydrogens is 420 g/mol. The van der Waals surface area contributed by atoms with E-state index in [9.17, 15) is 36.4 Å². The molecule has 11 nitrogen and oxygen atoms in total. The Labute approximate surface area is 160 Å². The lowest BCUT2D eigenvalue weighted by atomic mass is 9.92. The molecule has 28 heavy (non-hydrogen) atoms. The average Bonchev–Trinajstić information content (AvgIpc) is 2.59. The largest absolute Gasteiger partial charge is 0.507 e. The van der Waals surface area contributed by atoms with Gasteiger partial charge in [0.05, 0.1) is 22.5 Å². The van der Waals surface area contributed by atoms with Gasteiger partial charge in [0.15, 0.2) is 5.78 Å². The number of aliphatic hydroxyl groups is 1. The number of phenols is 1. The molecule has 13 heteroatoms. The summed E-state index contributed by atoms with van der Waals surface area (Å²) in [7, 11) is -7.59. The summed E-state index contributed by atoms with van der Waals surface area (Å²) in [6.07, 6.45) is -0.174. The molecule has 0 spiro atoms. The minimum absolute atomic E-state index is 0.577. The van der Waals surface area contributed by atoms with Gasteiger partial charge in [0.25, 0.3) is 20.2 Å². The second-order valence-electron chi connectivity index (χ2n) is 5.66. The zero-order chi connectivity index (χ0) is 21.5. The highest BCUT2D eigenvalue weighted by molar-refractivity contribution is 7.90. The molecule has 1 aliphatic carbocycles. The molecule has 1 aliphatic rings. The third kappa shape index (κ3) is 3.94. The summed E-state index contributed by atoms with van der Waals surface area (Å²) >= 11 is 0. The smallest absolute Gasteiger partial charge is 0.296 e. The van der Waals surface area contributed by atoms with Crippen LogP contribution in [0.2, 0.25) is 0 Å². The van der Waals surface area contributed by atoms with E-state index in [2.05, 4.69) is 0 Å². The van der Waals surface area contributed by atoms with E-state index in [1.807, 2.05) is 0 Å². The summed E-state index contributed by atoms with van der Waals surface area (Å²) < 4.78 is 74.4. The van der Waals surface area contributed by atoms with Crippen LogP contribution in [0.1, 0.15) is 12.0 Å². The molecule has 4 N–H and O–H groups in total. The van der Waals surface area contributed by atoms with Gasteiger partial charge in [0.1, 0.15) is 16.4 Å². The van der Waals surface area contributed by atoms with Crippen molar-refractivity contribution in [2.75, 3.05) is 14.2 Å². The first-order valence-corrected chi connectivity index (χ1v) is 10.2. The third-order valence-electron chi connectivity index (χ3n) is 4.06. The van der Waals surface area contributed by atoms with Gasteiger partial charge in [0.2, 0.25) is 5.79 Å². The van der Waals surface area contributed by atoms with Crippen LogP contribution in [-0.2, 0) is 34.5 Å². The topological polar surface area (TPSA) is 185 Å². The van der Waals surface area contributed by atoms with Gasteiger partial charge in [-0.05, 0) is 24.3 Å². The van der Waals surface area contributed by atoms with E-state index in [4.69, 9.17) is 14.0 Å². The summed E-state index contributed by atoms with van der Waals surface area (Å²) in [6.45, 7) is 0. The fourth-order valence-electron chi connectivity index (χ4n) is 2.63. The first-order chi connectivity index (χ1) is 12.8. The second-order valence-corrected chi connectivity index (χ2v) is 8.47. The molecule has 0 fully saturated rings. The van der Waals surface area contributed by atoms with Crippen LogP contribution in [0.4, 0.5) is 0 Å². The maximum Gasteiger partial charge on any atom is 0.296 e. The number of carbonyl (C=O) groups is 1. The minimum Gasteiger partial charge on any atom is -0.507 e. The van der Waals surface area contributed by atoms with E-state index in [0.717, 1.165) is 26.4 Å². The Balaban J connectivity index is 2.82. The highest BCUT2D eigenvalue weighted by Crippen LogP contribution is 2.39. The molecule has 0 aliphatic heterocycles.